The Labute approximate surface area is 96.9 Å². The summed E-state index contributed by atoms with van der Waals surface area (Å²) in [6, 6.07) is 6.07. The van der Waals surface area contributed by atoms with Gasteiger partial charge in [-0.1, -0.05) is 5.16 Å². The summed E-state index contributed by atoms with van der Waals surface area (Å²) in [6.45, 7) is 0.771. The van der Waals surface area contributed by atoms with Crippen LogP contribution in [0.5, 0.6) is 0 Å². The van der Waals surface area contributed by atoms with Gasteiger partial charge >= 0.3 is 0 Å². The molecule has 0 aliphatic carbocycles. The van der Waals surface area contributed by atoms with E-state index < -0.39 is 0 Å². The van der Waals surface area contributed by atoms with Crippen LogP contribution in [-0.4, -0.2) is 10.1 Å². The summed E-state index contributed by atoms with van der Waals surface area (Å²) in [7, 11) is 0. The standard InChI is InChI=1S/C11H9FN4O/c12-10-2-1-8(4-13)9(3-10)5-14-6-11-15-7-17-16-11/h1-3,7,14H,5-6H2. The van der Waals surface area contributed by atoms with Crippen LogP contribution in [0, 0.1) is 17.1 Å². The van der Waals surface area contributed by atoms with E-state index in [0.29, 0.717) is 30.0 Å². The highest BCUT2D eigenvalue weighted by atomic mass is 19.1. The van der Waals surface area contributed by atoms with Gasteiger partial charge in [0.15, 0.2) is 5.82 Å². The summed E-state index contributed by atoms with van der Waals surface area (Å²) in [5.74, 6) is 0.153. The summed E-state index contributed by atoms with van der Waals surface area (Å²) in [6.07, 6.45) is 1.24. The average Bonchev–Trinajstić information content (AvgIpc) is 2.82. The van der Waals surface area contributed by atoms with Gasteiger partial charge in [0.25, 0.3) is 0 Å². The molecule has 2 aromatic rings. The van der Waals surface area contributed by atoms with Gasteiger partial charge in [0, 0.05) is 6.54 Å². The Morgan fingerprint density at radius 1 is 1.41 bits per heavy atom. The highest BCUT2D eigenvalue weighted by Gasteiger charge is 2.04. The van der Waals surface area contributed by atoms with Crippen molar-refractivity contribution in [3.63, 3.8) is 0 Å². The van der Waals surface area contributed by atoms with E-state index in [9.17, 15) is 4.39 Å². The van der Waals surface area contributed by atoms with Gasteiger partial charge in [-0.3, -0.25) is 0 Å². The molecule has 0 radical (unpaired) electrons. The quantitative estimate of drug-likeness (QED) is 0.861. The number of hydrogen-bond acceptors (Lipinski definition) is 5. The number of benzene rings is 1. The van der Waals surface area contributed by atoms with E-state index in [0.717, 1.165) is 0 Å². The number of rotatable bonds is 4. The molecule has 86 valence electrons. The van der Waals surface area contributed by atoms with Gasteiger partial charge in [0.2, 0.25) is 6.39 Å². The fourth-order valence-electron chi connectivity index (χ4n) is 1.40. The Balaban J connectivity index is 1.99. The van der Waals surface area contributed by atoms with Gasteiger partial charge in [-0.15, -0.1) is 0 Å². The van der Waals surface area contributed by atoms with Crippen molar-refractivity contribution in [3.8, 4) is 6.07 Å². The third kappa shape index (κ3) is 2.86. The van der Waals surface area contributed by atoms with Crippen LogP contribution in [0.25, 0.3) is 0 Å². The molecule has 0 atom stereocenters. The first-order chi connectivity index (χ1) is 8.29. The molecule has 2 rings (SSSR count). The van der Waals surface area contributed by atoms with Crippen LogP contribution in [0.3, 0.4) is 0 Å². The second-order valence-electron chi connectivity index (χ2n) is 3.36. The van der Waals surface area contributed by atoms with Gasteiger partial charge in [-0.2, -0.15) is 10.2 Å². The van der Waals surface area contributed by atoms with Crippen molar-refractivity contribution >= 4 is 0 Å². The second kappa shape index (κ2) is 5.18. The number of nitriles is 1. The van der Waals surface area contributed by atoms with Crippen molar-refractivity contribution in [2.24, 2.45) is 0 Å². The molecule has 0 spiro atoms. The topological polar surface area (TPSA) is 74.7 Å². The predicted molar refractivity (Wildman–Crippen MR) is 56.0 cm³/mol. The Morgan fingerprint density at radius 3 is 3.00 bits per heavy atom. The molecule has 1 aromatic carbocycles. The fraction of sp³-hybridized carbons (Fsp3) is 0.182. The molecule has 0 saturated heterocycles. The number of hydrogen-bond donors (Lipinski definition) is 1. The lowest BCUT2D eigenvalue weighted by Gasteiger charge is -2.04. The molecule has 0 bridgehead atoms. The van der Waals surface area contributed by atoms with Crippen molar-refractivity contribution in [1.82, 2.24) is 15.5 Å². The zero-order valence-electron chi connectivity index (χ0n) is 8.85. The molecule has 6 heteroatoms. The maximum Gasteiger partial charge on any atom is 0.213 e. The Bertz CT molecular complexity index is 533. The molecule has 0 aliphatic rings. The van der Waals surface area contributed by atoms with Crippen molar-refractivity contribution in [1.29, 1.82) is 5.26 Å². The van der Waals surface area contributed by atoms with Crippen LogP contribution >= 0.6 is 0 Å². The van der Waals surface area contributed by atoms with Gasteiger partial charge in [-0.25, -0.2) is 4.39 Å². The number of halogens is 1. The first-order valence-electron chi connectivity index (χ1n) is 4.94. The molecular formula is C11H9FN4O. The van der Waals surface area contributed by atoms with Crippen LogP contribution < -0.4 is 5.32 Å². The van der Waals surface area contributed by atoms with Gasteiger partial charge < -0.3 is 9.84 Å². The van der Waals surface area contributed by atoms with Crippen LogP contribution in [-0.2, 0) is 13.1 Å². The summed E-state index contributed by atoms with van der Waals surface area (Å²) in [5.41, 5.74) is 1.06. The molecule has 0 amide bonds. The number of nitrogens with zero attached hydrogens (tertiary/aromatic N) is 3. The highest BCUT2D eigenvalue weighted by Crippen LogP contribution is 2.10. The smallest absolute Gasteiger partial charge is 0.213 e. The SMILES string of the molecule is N#Cc1ccc(F)cc1CNCc1ncon1. The van der Waals surface area contributed by atoms with E-state index in [4.69, 9.17) is 5.26 Å². The molecule has 17 heavy (non-hydrogen) atoms. The van der Waals surface area contributed by atoms with Crippen molar-refractivity contribution < 1.29 is 8.91 Å². The summed E-state index contributed by atoms with van der Waals surface area (Å²) in [4.78, 5) is 3.83. The maximum absolute atomic E-state index is 13.0. The zero-order chi connectivity index (χ0) is 12.1. The van der Waals surface area contributed by atoms with Crippen LogP contribution in [0.2, 0.25) is 0 Å². The normalized spacial score (nSPS) is 10.1. The molecule has 1 N–H and O–H groups in total. The van der Waals surface area contributed by atoms with E-state index in [2.05, 4.69) is 20.0 Å². The van der Waals surface area contributed by atoms with Gasteiger partial charge in [0.05, 0.1) is 18.2 Å². The largest absolute Gasteiger partial charge is 0.343 e. The van der Waals surface area contributed by atoms with Crippen molar-refractivity contribution in [3.05, 3.63) is 47.4 Å². The lowest BCUT2D eigenvalue weighted by Crippen LogP contribution is -2.14. The van der Waals surface area contributed by atoms with E-state index in [1.54, 1.807) is 0 Å². The van der Waals surface area contributed by atoms with E-state index in [1.165, 1.54) is 24.6 Å². The lowest BCUT2D eigenvalue weighted by atomic mass is 10.1. The molecule has 0 unspecified atom stereocenters. The number of aromatic nitrogens is 2. The Morgan fingerprint density at radius 2 is 2.29 bits per heavy atom. The van der Waals surface area contributed by atoms with E-state index in [1.807, 2.05) is 6.07 Å². The molecular weight excluding hydrogens is 223 g/mol. The summed E-state index contributed by atoms with van der Waals surface area (Å²) >= 11 is 0. The lowest BCUT2D eigenvalue weighted by molar-refractivity contribution is 0.407. The van der Waals surface area contributed by atoms with Crippen molar-refractivity contribution in [2.75, 3.05) is 0 Å². The van der Waals surface area contributed by atoms with E-state index in [-0.39, 0.29) is 5.82 Å². The van der Waals surface area contributed by atoms with Gasteiger partial charge in [-0.05, 0) is 23.8 Å². The molecule has 0 fully saturated rings. The predicted octanol–water partition coefficient (Wildman–Crippen LogP) is 1.37. The first kappa shape index (κ1) is 11.2. The summed E-state index contributed by atoms with van der Waals surface area (Å²) in [5, 5.41) is 15.5. The number of nitrogens with one attached hydrogen (secondary N) is 1. The molecule has 0 aliphatic heterocycles. The minimum absolute atomic E-state index is 0.361. The third-order valence-electron chi connectivity index (χ3n) is 2.19. The van der Waals surface area contributed by atoms with E-state index >= 15 is 0 Å². The molecule has 1 aromatic heterocycles. The maximum atomic E-state index is 13.0. The first-order valence-corrected chi connectivity index (χ1v) is 4.94. The summed E-state index contributed by atoms with van der Waals surface area (Å²) < 4.78 is 17.6. The monoisotopic (exact) mass is 232 g/mol. The average molecular weight is 232 g/mol. The third-order valence-corrected chi connectivity index (χ3v) is 2.19. The van der Waals surface area contributed by atoms with Crippen LogP contribution in [0.15, 0.2) is 29.1 Å². The minimum atomic E-state index is -0.361. The minimum Gasteiger partial charge on any atom is -0.343 e. The molecule has 1 heterocycles. The van der Waals surface area contributed by atoms with Gasteiger partial charge in [0.1, 0.15) is 5.82 Å². The highest BCUT2D eigenvalue weighted by molar-refractivity contribution is 5.37. The zero-order valence-corrected chi connectivity index (χ0v) is 8.85. The Kier molecular flexibility index (Phi) is 3.43. The fourth-order valence-corrected chi connectivity index (χ4v) is 1.40. The van der Waals surface area contributed by atoms with Crippen LogP contribution in [0.4, 0.5) is 4.39 Å². The molecule has 0 saturated carbocycles. The molecule has 5 nitrogen and oxygen atoms in total. The van der Waals surface area contributed by atoms with Crippen LogP contribution in [0.1, 0.15) is 17.0 Å². The second-order valence-corrected chi connectivity index (χ2v) is 3.36. The van der Waals surface area contributed by atoms with Crippen molar-refractivity contribution in [2.45, 2.75) is 13.1 Å². The Hall–Kier alpha value is -2.26.